The number of ether oxygens (including phenoxy) is 2. The zero-order chi connectivity index (χ0) is 15.5. The minimum Gasteiger partial charge on any atom is -0.348 e. The molecule has 1 aliphatic rings. The molecule has 1 fully saturated rings. The predicted octanol–water partition coefficient (Wildman–Crippen LogP) is 2.88. The van der Waals surface area contributed by atoms with Crippen LogP contribution in [0.3, 0.4) is 0 Å². The zero-order valence-electron chi connectivity index (χ0n) is 11.5. The van der Waals surface area contributed by atoms with Gasteiger partial charge in [0.25, 0.3) is 0 Å². The van der Waals surface area contributed by atoms with Crippen LogP contribution in [0.5, 0.6) is 0 Å². The third kappa shape index (κ3) is 4.18. The quantitative estimate of drug-likeness (QED) is 0.930. The molecule has 116 valence electrons. The highest BCUT2D eigenvalue weighted by Crippen LogP contribution is 2.27. The lowest BCUT2D eigenvalue weighted by atomic mass is 10.0. The van der Waals surface area contributed by atoms with E-state index in [0.717, 1.165) is 0 Å². The van der Waals surface area contributed by atoms with Gasteiger partial charge in [0.1, 0.15) is 0 Å². The number of para-hydroxylation sites is 1. The van der Waals surface area contributed by atoms with Gasteiger partial charge in [-0.2, -0.15) is 13.2 Å². The summed E-state index contributed by atoms with van der Waals surface area (Å²) in [4.78, 5) is 11.0. The first kappa shape index (κ1) is 15.8. The number of anilines is 1. The van der Waals surface area contributed by atoms with Crippen LogP contribution in [0.15, 0.2) is 24.3 Å². The van der Waals surface area contributed by atoms with Crippen LogP contribution in [-0.4, -0.2) is 31.1 Å². The summed E-state index contributed by atoms with van der Waals surface area (Å²) in [6.45, 7) is 2.79. The summed E-state index contributed by atoms with van der Waals surface area (Å²) < 4.78 is 47.8. The van der Waals surface area contributed by atoms with Gasteiger partial charge in [0.15, 0.2) is 5.79 Å². The molecule has 4 nitrogen and oxygen atoms in total. The number of benzene rings is 1. The van der Waals surface area contributed by atoms with Crippen LogP contribution in [0.2, 0.25) is 0 Å². The molecule has 7 heteroatoms. The van der Waals surface area contributed by atoms with Crippen molar-refractivity contribution in [1.82, 2.24) is 0 Å². The van der Waals surface area contributed by atoms with E-state index in [2.05, 4.69) is 0 Å². The first-order valence-electron chi connectivity index (χ1n) is 6.54. The zero-order valence-corrected chi connectivity index (χ0v) is 11.5. The Morgan fingerprint density at radius 3 is 2.52 bits per heavy atom. The normalized spacial score (nSPS) is 17.7. The second-order valence-corrected chi connectivity index (χ2v) is 4.94. The highest BCUT2D eigenvalue weighted by atomic mass is 19.4. The standard InChI is InChI=1S/C14H16F3NO3/c1-13(20-8-9-21-13)7-6-10-4-2-3-5-11(10)18-12(19)14(15,16)17/h2-5H,6-9H2,1H3,(H,18,19). The molecule has 21 heavy (non-hydrogen) atoms. The highest BCUT2D eigenvalue weighted by Gasteiger charge is 2.39. The summed E-state index contributed by atoms with van der Waals surface area (Å²) in [5.74, 6) is -2.70. The van der Waals surface area contributed by atoms with E-state index in [1.54, 1.807) is 25.1 Å². The van der Waals surface area contributed by atoms with Crippen LogP contribution in [0.1, 0.15) is 18.9 Å². The van der Waals surface area contributed by atoms with E-state index >= 15 is 0 Å². The Morgan fingerprint density at radius 2 is 1.90 bits per heavy atom. The minimum absolute atomic E-state index is 0.154. The van der Waals surface area contributed by atoms with Crippen LogP contribution in [-0.2, 0) is 20.7 Å². The van der Waals surface area contributed by atoms with Gasteiger partial charge >= 0.3 is 12.1 Å². The first-order chi connectivity index (χ1) is 9.80. The highest BCUT2D eigenvalue weighted by molar-refractivity contribution is 5.95. The number of hydrogen-bond donors (Lipinski definition) is 1. The smallest absolute Gasteiger partial charge is 0.348 e. The van der Waals surface area contributed by atoms with Gasteiger partial charge in [-0.1, -0.05) is 18.2 Å². The van der Waals surface area contributed by atoms with Crippen molar-refractivity contribution < 1.29 is 27.4 Å². The van der Waals surface area contributed by atoms with Gasteiger partial charge < -0.3 is 14.8 Å². The molecule has 1 aromatic rings. The Bertz CT molecular complexity index is 510. The molecule has 0 spiro atoms. The van der Waals surface area contributed by atoms with E-state index in [1.165, 1.54) is 6.07 Å². The van der Waals surface area contributed by atoms with Gasteiger partial charge in [-0.15, -0.1) is 0 Å². The predicted molar refractivity (Wildman–Crippen MR) is 69.8 cm³/mol. The lowest BCUT2D eigenvalue weighted by Gasteiger charge is -2.22. The molecular weight excluding hydrogens is 287 g/mol. The van der Waals surface area contributed by atoms with Crippen molar-refractivity contribution in [2.24, 2.45) is 0 Å². The van der Waals surface area contributed by atoms with E-state index in [4.69, 9.17) is 9.47 Å². The van der Waals surface area contributed by atoms with Gasteiger partial charge in [-0.05, 0) is 25.0 Å². The van der Waals surface area contributed by atoms with E-state index in [1.807, 2.05) is 5.32 Å². The molecule has 0 atom stereocenters. The number of hydrogen-bond acceptors (Lipinski definition) is 3. The van der Waals surface area contributed by atoms with Crippen LogP contribution in [0.25, 0.3) is 0 Å². The topological polar surface area (TPSA) is 47.6 Å². The lowest BCUT2D eigenvalue weighted by molar-refractivity contribution is -0.167. The molecule has 1 aliphatic heterocycles. The molecule has 0 aromatic heterocycles. The second-order valence-electron chi connectivity index (χ2n) is 4.94. The molecule has 0 saturated carbocycles. The Balaban J connectivity index is 2.05. The van der Waals surface area contributed by atoms with Gasteiger partial charge in [0.2, 0.25) is 0 Å². The van der Waals surface area contributed by atoms with Crippen molar-refractivity contribution in [2.75, 3.05) is 18.5 Å². The Hall–Kier alpha value is -1.60. The fourth-order valence-electron chi connectivity index (χ4n) is 2.12. The first-order valence-corrected chi connectivity index (χ1v) is 6.54. The van der Waals surface area contributed by atoms with Gasteiger partial charge in [0, 0.05) is 12.1 Å². The van der Waals surface area contributed by atoms with E-state index in [-0.39, 0.29) is 5.69 Å². The average Bonchev–Trinajstić information content (AvgIpc) is 2.84. The maximum absolute atomic E-state index is 12.3. The van der Waals surface area contributed by atoms with E-state index in [9.17, 15) is 18.0 Å². The SMILES string of the molecule is CC1(CCc2ccccc2NC(=O)C(F)(F)F)OCCO1. The monoisotopic (exact) mass is 303 g/mol. The van der Waals surface area contributed by atoms with Gasteiger partial charge in [-0.25, -0.2) is 0 Å². The van der Waals surface area contributed by atoms with Crippen molar-refractivity contribution in [2.45, 2.75) is 31.7 Å². The largest absolute Gasteiger partial charge is 0.471 e. The fourth-order valence-corrected chi connectivity index (χ4v) is 2.12. The third-order valence-corrected chi connectivity index (χ3v) is 3.27. The second kappa shape index (κ2) is 6.03. The number of carbonyl (C=O) groups is 1. The van der Waals surface area contributed by atoms with Crippen LogP contribution < -0.4 is 5.32 Å². The Kier molecular flexibility index (Phi) is 4.53. The lowest BCUT2D eigenvalue weighted by Crippen LogP contribution is -2.30. The van der Waals surface area contributed by atoms with Gasteiger partial charge in [-0.3, -0.25) is 4.79 Å². The summed E-state index contributed by atoms with van der Waals surface area (Å²) in [7, 11) is 0. The summed E-state index contributed by atoms with van der Waals surface area (Å²) in [6, 6.07) is 6.39. The van der Waals surface area contributed by atoms with Crippen LogP contribution in [0, 0.1) is 0 Å². The number of carbonyl (C=O) groups excluding carboxylic acids is 1. The number of alkyl halides is 3. The molecule has 1 heterocycles. The van der Waals surface area contributed by atoms with Crippen molar-refractivity contribution in [3.8, 4) is 0 Å². The summed E-state index contributed by atoms with van der Waals surface area (Å²) in [5.41, 5.74) is 0.761. The molecule has 1 saturated heterocycles. The van der Waals surface area contributed by atoms with Crippen molar-refractivity contribution in [3.05, 3.63) is 29.8 Å². The van der Waals surface area contributed by atoms with Crippen molar-refractivity contribution >= 4 is 11.6 Å². The summed E-state index contributed by atoms with van der Waals surface area (Å²) in [6.07, 6.45) is -3.98. The number of amides is 1. The van der Waals surface area contributed by atoms with Crippen molar-refractivity contribution in [3.63, 3.8) is 0 Å². The summed E-state index contributed by atoms with van der Waals surface area (Å²) >= 11 is 0. The number of aryl methyl sites for hydroxylation is 1. The number of nitrogens with one attached hydrogen (secondary N) is 1. The maximum Gasteiger partial charge on any atom is 0.471 e. The van der Waals surface area contributed by atoms with Gasteiger partial charge in [0.05, 0.1) is 13.2 Å². The number of rotatable bonds is 4. The molecular formula is C14H16F3NO3. The molecule has 0 aliphatic carbocycles. The molecule has 2 rings (SSSR count). The average molecular weight is 303 g/mol. The maximum atomic E-state index is 12.3. The van der Waals surface area contributed by atoms with Crippen LogP contribution in [0.4, 0.5) is 18.9 Å². The van der Waals surface area contributed by atoms with E-state index < -0.39 is 17.9 Å². The Labute approximate surface area is 120 Å². The minimum atomic E-state index is -4.91. The third-order valence-electron chi connectivity index (χ3n) is 3.27. The number of halogens is 3. The molecule has 1 aromatic carbocycles. The van der Waals surface area contributed by atoms with Crippen LogP contribution >= 0.6 is 0 Å². The van der Waals surface area contributed by atoms with Crippen molar-refractivity contribution in [1.29, 1.82) is 0 Å². The molecule has 0 unspecified atom stereocenters. The summed E-state index contributed by atoms with van der Waals surface area (Å²) in [5, 5.41) is 1.89. The molecule has 1 N–H and O–H groups in total. The fraction of sp³-hybridized carbons (Fsp3) is 0.500. The van der Waals surface area contributed by atoms with E-state index in [0.29, 0.717) is 31.6 Å². The molecule has 0 radical (unpaired) electrons. The molecule has 0 bridgehead atoms. The molecule has 1 amide bonds. The Morgan fingerprint density at radius 1 is 1.29 bits per heavy atom.